The van der Waals surface area contributed by atoms with Crippen LogP contribution in [0.1, 0.15) is 24.0 Å². The van der Waals surface area contributed by atoms with E-state index in [0.29, 0.717) is 25.3 Å². The molecule has 1 aliphatic carbocycles. The van der Waals surface area contributed by atoms with E-state index >= 15 is 0 Å². The van der Waals surface area contributed by atoms with Crippen molar-refractivity contribution in [3.8, 4) is 11.5 Å². The number of nitrogens with zero attached hydrogens (tertiary/aromatic N) is 2. The SMILES string of the molecule is COc1ccccc1CN(CCc1c[nH]c2ccccc12)C(=O)CN(C(=O)COc1ccccc1)C1CC1. The van der Waals surface area contributed by atoms with Crippen molar-refractivity contribution in [3.63, 3.8) is 0 Å². The molecule has 0 atom stereocenters. The first-order valence-corrected chi connectivity index (χ1v) is 13.0. The van der Waals surface area contributed by atoms with Crippen LogP contribution >= 0.6 is 0 Å². The molecule has 2 amide bonds. The molecule has 0 unspecified atom stereocenters. The molecule has 0 aliphatic heterocycles. The van der Waals surface area contributed by atoms with Crippen molar-refractivity contribution in [3.05, 3.63) is 96.2 Å². The van der Waals surface area contributed by atoms with Crippen molar-refractivity contribution >= 4 is 22.7 Å². The first-order chi connectivity index (χ1) is 18.6. The van der Waals surface area contributed by atoms with Crippen molar-refractivity contribution < 1.29 is 19.1 Å². The Balaban J connectivity index is 1.31. The number of nitrogens with one attached hydrogen (secondary N) is 1. The Hall–Kier alpha value is -4.26. The summed E-state index contributed by atoms with van der Waals surface area (Å²) in [6.07, 6.45) is 4.52. The topological polar surface area (TPSA) is 74.9 Å². The summed E-state index contributed by atoms with van der Waals surface area (Å²) in [4.78, 5) is 33.7. The van der Waals surface area contributed by atoms with E-state index in [4.69, 9.17) is 9.47 Å². The van der Waals surface area contributed by atoms with Gasteiger partial charge in [0.05, 0.1) is 7.11 Å². The van der Waals surface area contributed by atoms with Gasteiger partial charge in [-0.3, -0.25) is 9.59 Å². The van der Waals surface area contributed by atoms with Crippen LogP contribution in [0.4, 0.5) is 0 Å². The summed E-state index contributed by atoms with van der Waals surface area (Å²) >= 11 is 0. The zero-order valence-corrected chi connectivity index (χ0v) is 21.6. The van der Waals surface area contributed by atoms with Crippen molar-refractivity contribution in [2.24, 2.45) is 0 Å². The van der Waals surface area contributed by atoms with Gasteiger partial charge in [-0.25, -0.2) is 0 Å². The second-order valence-corrected chi connectivity index (χ2v) is 9.59. The number of aromatic amines is 1. The molecule has 1 saturated carbocycles. The van der Waals surface area contributed by atoms with Gasteiger partial charge in [0.2, 0.25) is 5.91 Å². The fourth-order valence-corrected chi connectivity index (χ4v) is 4.72. The molecule has 1 heterocycles. The smallest absolute Gasteiger partial charge is 0.261 e. The van der Waals surface area contributed by atoms with Gasteiger partial charge in [-0.1, -0.05) is 54.6 Å². The summed E-state index contributed by atoms with van der Waals surface area (Å²) in [6.45, 7) is 0.866. The number of ether oxygens (including phenoxy) is 2. The quantitative estimate of drug-likeness (QED) is 0.296. The van der Waals surface area contributed by atoms with Crippen molar-refractivity contribution in [2.75, 3.05) is 26.8 Å². The molecule has 7 heteroatoms. The van der Waals surface area contributed by atoms with E-state index in [1.807, 2.05) is 83.9 Å². The summed E-state index contributed by atoms with van der Waals surface area (Å²) in [5.41, 5.74) is 3.16. The van der Waals surface area contributed by atoms with E-state index in [1.165, 1.54) is 0 Å². The third-order valence-corrected chi connectivity index (χ3v) is 6.95. The molecule has 3 aromatic carbocycles. The van der Waals surface area contributed by atoms with Crippen LogP contribution in [0.3, 0.4) is 0 Å². The number of benzene rings is 3. The van der Waals surface area contributed by atoms with E-state index in [0.717, 1.165) is 40.6 Å². The molecule has 38 heavy (non-hydrogen) atoms. The summed E-state index contributed by atoms with van der Waals surface area (Å²) < 4.78 is 11.2. The van der Waals surface area contributed by atoms with E-state index in [9.17, 15) is 9.59 Å². The van der Waals surface area contributed by atoms with Crippen molar-refractivity contribution in [1.29, 1.82) is 0 Å². The van der Waals surface area contributed by atoms with Gasteiger partial charge in [0, 0.05) is 41.8 Å². The molecule has 5 rings (SSSR count). The lowest BCUT2D eigenvalue weighted by Crippen LogP contribution is -2.45. The second-order valence-electron chi connectivity index (χ2n) is 9.59. The number of methoxy groups -OCH3 is 1. The monoisotopic (exact) mass is 511 g/mol. The van der Waals surface area contributed by atoms with Crippen LogP contribution < -0.4 is 9.47 Å². The van der Waals surface area contributed by atoms with Crippen LogP contribution in [-0.4, -0.2) is 59.4 Å². The molecule has 1 N–H and O–H groups in total. The Labute approximate surface area is 223 Å². The molecule has 7 nitrogen and oxygen atoms in total. The number of H-pyrrole nitrogens is 1. The lowest BCUT2D eigenvalue weighted by Gasteiger charge is -2.28. The minimum Gasteiger partial charge on any atom is -0.496 e. The van der Waals surface area contributed by atoms with Crippen molar-refractivity contribution in [2.45, 2.75) is 31.8 Å². The normalized spacial score (nSPS) is 12.8. The Morgan fingerprint density at radius 3 is 2.42 bits per heavy atom. The minimum absolute atomic E-state index is 0.0324. The predicted molar refractivity (Wildman–Crippen MR) is 147 cm³/mol. The van der Waals surface area contributed by atoms with E-state index in [2.05, 4.69) is 11.1 Å². The number of carbonyl (C=O) groups excluding carboxylic acids is 2. The fourth-order valence-electron chi connectivity index (χ4n) is 4.72. The lowest BCUT2D eigenvalue weighted by atomic mass is 10.1. The largest absolute Gasteiger partial charge is 0.496 e. The third-order valence-electron chi connectivity index (χ3n) is 6.95. The first-order valence-electron chi connectivity index (χ1n) is 13.0. The average molecular weight is 512 g/mol. The molecule has 196 valence electrons. The molecule has 4 aromatic rings. The van der Waals surface area contributed by atoms with Crippen LogP contribution in [0.2, 0.25) is 0 Å². The highest BCUT2D eigenvalue weighted by atomic mass is 16.5. The van der Waals surface area contributed by atoms with Gasteiger partial charge in [-0.2, -0.15) is 0 Å². The van der Waals surface area contributed by atoms with Crippen LogP contribution in [0.25, 0.3) is 10.9 Å². The molecular weight excluding hydrogens is 478 g/mol. The lowest BCUT2D eigenvalue weighted by molar-refractivity contribution is -0.142. The van der Waals surface area contributed by atoms with E-state index in [1.54, 1.807) is 12.0 Å². The molecule has 0 spiro atoms. The first kappa shape index (κ1) is 25.4. The highest BCUT2D eigenvalue weighted by molar-refractivity contribution is 5.86. The number of para-hydroxylation sites is 3. The predicted octanol–water partition coefficient (Wildman–Crippen LogP) is 4.82. The Kier molecular flexibility index (Phi) is 7.92. The van der Waals surface area contributed by atoms with Crippen LogP contribution in [-0.2, 0) is 22.6 Å². The van der Waals surface area contributed by atoms with Crippen molar-refractivity contribution in [1.82, 2.24) is 14.8 Å². The number of rotatable bonds is 12. The summed E-state index contributed by atoms with van der Waals surface area (Å²) in [5.74, 6) is 1.12. The summed E-state index contributed by atoms with van der Waals surface area (Å²) in [6, 6.07) is 25.3. The van der Waals surface area contributed by atoms with Gasteiger partial charge in [0.1, 0.15) is 18.0 Å². The molecule has 1 aliphatic rings. The van der Waals surface area contributed by atoms with Crippen LogP contribution in [0.5, 0.6) is 11.5 Å². The highest BCUT2D eigenvalue weighted by Crippen LogP contribution is 2.28. The van der Waals surface area contributed by atoms with Gasteiger partial charge >= 0.3 is 0 Å². The van der Waals surface area contributed by atoms with E-state index in [-0.39, 0.29) is 31.0 Å². The second kappa shape index (κ2) is 11.9. The molecule has 1 fully saturated rings. The summed E-state index contributed by atoms with van der Waals surface area (Å²) in [7, 11) is 1.64. The van der Waals surface area contributed by atoms with Gasteiger partial charge in [0.25, 0.3) is 5.91 Å². The van der Waals surface area contributed by atoms with Gasteiger partial charge < -0.3 is 24.3 Å². The molecule has 1 aromatic heterocycles. The minimum atomic E-state index is -0.168. The maximum Gasteiger partial charge on any atom is 0.261 e. The highest BCUT2D eigenvalue weighted by Gasteiger charge is 2.35. The number of hydrogen-bond donors (Lipinski definition) is 1. The van der Waals surface area contributed by atoms with Crippen LogP contribution in [0, 0.1) is 0 Å². The maximum atomic E-state index is 13.7. The zero-order chi connectivity index (χ0) is 26.3. The molecule has 0 saturated heterocycles. The number of carbonyl (C=O) groups is 2. The Morgan fingerprint density at radius 2 is 1.63 bits per heavy atom. The number of fused-ring (bicyclic) bond motifs is 1. The zero-order valence-electron chi connectivity index (χ0n) is 21.6. The third kappa shape index (κ3) is 6.17. The Bertz CT molecular complexity index is 1380. The number of amides is 2. The number of hydrogen-bond acceptors (Lipinski definition) is 4. The van der Waals surface area contributed by atoms with Gasteiger partial charge in [-0.05, 0) is 49.1 Å². The maximum absolute atomic E-state index is 13.7. The molecule has 0 radical (unpaired) electrons. The molecule has 0 bridgehead atoms. The summed E-state index contributed by atoms with van der Waals surface area (Å²) in [5, 5.41) is 1.16. The molecular formula is C31H33N3O4. The average Bonchev–Trinajstić information content (AvgIpc) is 3.72. The standard InChI is InChI=1S/C31H33N3O4/c1-37-29-14-8-5-9-24(29)20-33(18-17-23-19-32-28-13-7-6-12-27(23)28)30(35)21-34(25-15-16-25)31(36)22-38-26-10-3-2-4-11-26/h2-14,19,25,32H,15-18,20-22H2,1H3. The van der Waals surface area contributed by atoms with Gasteiger partial charge in [-0.15, -0.1) is 0 Å². The van der Waals surface area contributed by atoms with Crippen LogP contribution in [0.15, 0.2) is 85.1 Å². The fraction of sp³-hybridized carbons (Fsp3) is 0.290. The number of aromatic nitrogens is 1. The Morgan fingerprint density at radius 1 is 0.895 bits per heavy atom. The van der Waals surface area contributed by atoms with Gasteiger partial charge in [0.15, 0.2) is 6.61 Å². The van der Waals surface area contributed by atoms with E-state index < -0.39 is 0 Å².